The van der Waals surface area contributed by atoms with Crippen molar-refractivity contribution in [3.8, 4) is 0 Å². The summed E-state index contributed by atoms with van der Waals surface area (Å²) in [6.45, 7) is 5.38. The summed E-state index contributed by atoms with van der Waals surface area (Å²) in [5, 5.41) is 0. The van der Waals surface area contributed by atoms with Crippen LogP contribution < -0.4 is 0 Å². The highest BCUT2D eigenvalue weighted by molar-refractivity contribution is 6.01. The van der Waals surface area contributed by atoms with Crippen LogP contribution in [0.2, 0.25) is 0 Å². The number of rotatable bonds is 1. The molecule has 0 aromatic rings. The lowest BCUT2D eigenvalue weighted by Gasteiger charge is -2.29. The first kappa shape index (κ1) is 12.9. The van der Waals surface area contributed by atoms with Crippen molar-refractivity contribution in [2.45, 2.75) is 45.3 Å². The summed E-state index contributed by atoms with van der Waals surface area (Å²) in [5.41, 5.74) is -0.587. The van der Waals surface area contributed by atoms with E-state index in [4.69, 9.17) is 4.74 Å². The largest absolute Gasteiger partial charge is 0.443 e. The molecule has 1 aliphatic carbocycles. The van der Waals surface area contributed by atoms with Gasteiger partial charge in [0.15, 0.2) is 0 Å². The van der Waals surface area contributed by atoms with Crippen molar-refractivity contribution in [1.29, 1.82) is 0 Å². The summed E-state index contributed by atoms with van der Waals surface area (Å²) in [6.07, 6.45) is 8.85. The highest BCUT2D eigenvalue weighted by Gasteiger charge is 2.38. The number of allylic oxidation sites excluding steroid dienone is 1. The number of imide groups is 1. The molecule has 2 aliphatic rings. The van der Waals surface area contributed by atoms with Gasteiger partial charge in [0.1, 0.15) is 5.60 Å². The van der Waals surface area contributed by atoms with Gasteiger partial charge in [0.05, 0.1) is 6.04 Å². The van der Waals surface area contributed by atoms with Gasteiger partial charge in [-0.05, 0) is 33.6 Å². The molecule has 0 radical (unpaired) electrons. The van der Waals surface area contributed by atoms with Crippen molar-refractivity contribution in [1.82, 2.24) is 4.90 Å². The molecule has 0 aromatic heterocycles. The molecule has 0 saturated heterocycles. The van der Waals surface area contributed by atoms with Gasteiger partial charge in [-0.2, -0.15) is 0 Å². The highest BCUT2D eigenvalue weighted by atomic mass is 16.6. The predicted molar refractivity (Wildman–Crippen MR) is 67.9 cm³/mol. The van der Waals surface area contributed by atoms with Crippen LogP contribution >= 0.6 is 0 Å². The summed E-state index contributed by atoms with van der Waals surface area (Å²) >= 11 is 0. The van der Waals surface area contributed by atoms with Crippen LogP contribution in [-0.4, -0.2) is 28.5 Å². The minimum atomic E-state index is -0.587. The second kappa shape index (κ2) is 4.59. The molecule has 1 heterocycles. The molecule has 1 aliphatic heterocycles. The second-order valence-corrected chi connectivity index (χ2v) is 5.71. The third-order valence-corrected chi connectivity index (χ3v) is 3.05. The Labute approximate surface area is 107 Å². The van der Waals surface area contributed by atoms with Gasteiger partial charge >= 0.3 is 6.09 Å². The summed E-state index contributed by atoms with van der Waals surface area (Å²) in [4.78, 5) is 25.1. The van der Waals surface area contributed by atoms with Crippen molar-refractivity contribution in [2.75, 3.05) is 0 Å². The second-order valence-electron chi connectivity index (χ2n) is 5.71. The van der Waals surface area contributed by atoms with Gasteiger partial charge in [-0.3, -0.25) is 4.79 Å². The zero-order valence-corrected chi connectivity index (χ0v) is 11.1. The van der Waals surface area contributed by atoms with E-state index in [-0.39, 0.29) is 17.9 Å². The Balaban J connectivity index is 2.11. The van der Waals surface area contributed by atoms with Gasteiger partial charge in [-0.1, -0.05) is 18.2 Å². The third-order valence-electron chi connectivity index (χ3n) is 3.05. The summed E-state index contributed by atoms with van der Waals surface area (Å²) in [7, 11) is 0. The Bertz CT molecular complexity index is 417. The fraction of sp³-hybridized carbons (Fsp3) is 0.571. The quantitative estimate of drug-likeness (QED) is 0.671. The smallest absolute Gasteiger partial charge is 0.417 e. The first-order chi connectivity index (χ1) is 8.38. The molecule has 2 amide bonds. The van der Waals surface area contributed by atoms with Crippen molar-refractivity contribution in [3.05, 3.63) is 24.3 Å². The molecule has 98 valence electrons. The average Bonchev–Trinajstić information content (AvgIpc) is 2.82. The Morgan fingerprint density at radius 3 is 2.67 bits per heavy atom. The van der Waals surface area contributed by atoms with E-state index in [0.29, 0.717) is 0 Å². The maximum absolute atomic E-state index is 12.1. The van der Waals surface area contributed by atoms with E-state index in [1.165, 1.54) is 11.0 Å². The van der Waals surface area contributed by atoms with Crippen LogP contribution in [0.25, 0.3) is 0 Å². The van der Waals surface area contributed by atoms with E-state index < -0.39 is 11.7 Å². The molecule has 18 heavy (non-hydrogen) atoms. The monoisotopic (exact) mass is 249 g/mol. The van der Waals surface area contributed by atoms with Gasteiger partial charge in [-0.15, -0.1) is 0 Å². The SMILES string of the molecule is CC(C)(C)OC(=O)N1C(=O)C=C[C@@H]1[C@H]1C=CCC1. The summed E-state index contributed by atoms with van der Waals surface area (Å²) in [5.74, 6) is -0.0604. The Morgan fingerprint density at radius 2 is 2.11 bits per heavy atom. The third kappa shape index (κ3) is 2.63. The van der Waals surface area contributed by atoms with Crippen molar-refractivity contribution >= 4 is 12.0 Å². The predicted octanol–water partition coefficient (Wildman–Crippen LogP) is 2.65. The topological polar surface area (TPSA) is 46.6 Å². The van der Waals surface area contributed by atoms with E-state index in [1.54, 1.807) is 26.8 Å². The molecule has 0 aromatic carbocycles. The molecule has 0 N–H and O–H groups in total. The van der Waals surface area contributed by atoms with E-state index >= 15 is 0 Å². The Kier molecular flexibility index (Phi) is 3.28. The highest BCUT2D eigenvalue weighted by Crippen LogP contribution is 2.29. The standard InChI is InChI=1S/C14H19NO3/c1-14(2,3)18-13(17)15-11(8-9-12(15)16)10-6-4-5-7-10/h4,6,8-11H,5,7H2,1-3H3/t10-,11+/m0/s1. The zero-order valence-electron chi connectivity index (χ0n) is 11.1. The first-order valence-corrected chi connectivity index (χ1v) is 6.29. The molecule has 0 spiro atoms. The van der Waals surface area contributed by atoms with E-state index in [0.717, 1.165) is 12.8 Å². The number of amides is 2. The molecule has 2 atom stereocenters. The Hall–Kier alpha value is -1.58. The lowest BCUT2D eigenvalue weighted by molar-refractivity contribution is -0.125. The van der Waals surface area contributed by atoms with Crippen LogP contribution in [0.4, 0.5) is 4.79 Å². The molecule has 0 saturated carbocycles. The minimum Gasteiger partial charge on any atom is -0.443 e. The minimum absolute atomic E-state index is 0.189. The van der Waals surface area contributed by atoms with Gasteiger partial charge in [0.2, 0.25) is 0 Å². The van der Waals surface area contributed by atoms with Crippen LogP contribution in [0.3, 0.4) is 0 Å². The van der Waals surface area contributed by atoms with Crippen LogP contribution in [0.15, 0.2) is 24.3 Å². The molecule has 4 heteroatoms. The molecule has 4 nitrogen and oxygen atoms in total. The van der Waals surface area contributed by atoms with E-state index in [9.17, 15) is 9.59 Å². The summed E-state index contributed by atoms with van der Waals surface area (Å²) < 4.78 is 5.28. The number of ether oxygens (including phenoxy) is 1. The molecular weight excluding hydrogens is 230 g/mol. The maximum atomic E-state index is 12.1. The van der Waals surface area contributed by atoms with Crippen molar-refractivity contribution in [2.24, 2.45) is 5.92 Å². The normalized spacial score (nSPS) is 27.1. The lowest BCUT2D eigenvalue weighted by Crippen LogP contribution is -2.45. The lowest BCUT2D eigenvalue weighted by atomic mass is 9.99. The van der Waals surface area contributed by atoms with Gasteiger partial charge < -0.3 is 4.74 Å². The first-order valence-electron chi connectivity index (χ1n) is 6.29. The van der Waals surface area contributed by atoms with Gasteiger partial charge in [0, 0.05) is 12.0 Å². The van der Waals surface area contributed by atoms with Crippen LogP contribution in [0.1, 0.15) is 33.6 Å². The van der Waals surface area contributed by atoms with Crippen LogP contribution in [-0.2, 0) is 9.53 Å². The van der Waals surface area contributed by atoms with Gasteiger partial charge in [0.25, 0.3) is 5.91 Å². The van der Waals surface area contributed by atoms with Crippen molar-refractivity contribution in [3.63, 3.8) is 0 Å². The average molecular weight is 249 g/mol. The molecule has 0 bridgehead atoms. The van der Waals surface area contributed by atoms with Gasteiger partial charge in [-0.25, -0.2) is 9.69 Å². The van der Waals surface area contributed by atoms with Crippen LogP contribution in [0.5, 0.6) is 0 Å². The molecule has 0 unspecified atom stereocenters. The van der Waals surface area contributed by atoms with Crippen LogP contribution in [0, 0.1) is 5.92 Å². The molecule has 0 fully saturated rings. The number of nitrogens with zero attached hydrogens (tertiary/aromatic N) is 1. The molecular formula is C14H19NO3. The number of hydrogen-bond acceptors (Lipinski definition) is 3. The van der Waals surface area contributed by atoms with Crippen molar-refractivity contribution < 1.29 is 14.3 Å². The fourth-order valence-electron chi connectivity index (χ4n) is 2.29. The van der Waals surface area contributed by atoms with E-state index in [2.05, 4.69) is 12.2 Å². The Morgan fingerprint density at radius 1 is 1.39 bits per heavy atom. The fourth-order valence-corrected chi connectivity index (χ4v) is 2.29. The number of carbonyl (C=O) groups is 2. The number of hydrogen-bond donors (Lipinski definition) is 0. The summed E-state index contributed by atoms with van der Waals surface area (Å²) in [6, 6.07) is -0.189. The maximum Gasteiger partial charge on any atom is 0.417 e. The zero-order chi connectivity index (χ0) is 13.3. The van der Waals surface area contributed by atoms with E-state index in [1.807, 2.05) is 0 Å². The molecule has 2 rings (SSSR count). The number of carbonyl (C=O) groups excluding carboxylic acids is 2.